The zero-order chi connectivity index (χ0) is 22.2. The summed E-state index contributed by atoms with van der Waals surface area (Å²) in [5.41, 5.74) is 7.40. The molecule has 1 amide bonds. The van der Waals surface area contributed by atoms with E-state index in [9.17, 15) is 4.79 Å². The van der Waals surface area contributed by atoms with Crippen molar-refractivity contribution in [2.45, 2.75) is 26.7 Å². The van der Waals surface area contributed by atoms with Crippen molar-refractivity contribution >= 4 is 27.8 Å². The molecule has 1 atom stereocenters. The number of aromatic nitrogens is 1. The van der Waals surface area contributed by atoms with E-state index in [4.69, 9.17) is 4.42 Å². The SMILES string of the molecule is Cc1cc2oc(C(=O)NC[C@H](c3ccccc3)c3c[nH]c4ccccc34)c(C)c2cc1C. The summed E-state index contributed by atoms with van der Waals surface area (Å²) in [5, 5.41) is 5.30. The van der Waals surface area contributed by atoms with Gasteiger partial charge in [0.1, 0.15) is 5.58 Å². The number of amides is 1. The van der Waals surface area contributed by atoms with Crippen molar-refractivity contribution in [1.82, 2.24) is 10.3 Å². The van der Waals surface area contributed by atoms with Crippen LogP contribution in [0.3, 0.4) is 0 Å². The molecule has 0 saturated carbocycles. The quantitative estimate of drug-likeness (QED) is 0.344. The van der Waals surface area contributed by atoms with Gasteiger partial charge in [0.15, 0.2) is 5.76 Å². The Morgan fingerprint density at radius 2 is 1.66 bits per heavy atom. The molecular weight excluding hydrogens is 396 g/mol. The van der Waals surface area contributed by atoms with Crippen molar-refractivity contribution in [3.63, 3.8) is 0 Å². The molecule has 2 N–H and O–H groups in total. The van der Waals surface area contributed by atoms with Crippen LogP contribution in [-0.2, 0) is 0 Å². The number of carbonyl (C=O) groups excluding carboxylic acids is 1. The molecule has 160 valence electrons. The van der Waals surface area contributed by atoms with E-state index in [1.54, 1.807) is 0 Å². The molecule has 0 spiro atoms. The zero-order valence-electron chi connectivity index (χ0n) is 18.5. The number of furan rings is 1. The predicted octanol–water partition coefficient (Wildman–Crippen LogP) is 6.40. The third kappa shape index (κ3) is 3.48. The van der Waals surface area contributed by atoms with Crippen molar-refractivity contribution in [1.29, 1.82) is 0 Å². The van der Waals surface area contributed by atoms with E-state index in [1.165, 1.54) is 16.5 Å². The largest absolute Gasteiger partial charge is 0.451 e. The van der Waals surface area contributed by atoms with Gasteiger partial charge in [-0.2, -0.15) is 0 Å². The van der Waals surface area contributed by atoms with Gasteiger partial charge in [-0.1, -0.05) is 48.5 Å². The molecule has 0 fully saturated rings. The van der Waals surface area contributed by atoms with Gasteiger partial charge in [-0.25, -0.2) is 0 Å². The Kier molecular flexibility index (Phi) is 5.06. The van der Waals surface area contributed by atoms with Crippen molar-refractivity contribution in [3.05, 3.63) is 107 Å². The molecule has 5 aromatic rings. The third-order valence-corrected chi connectivity index (χ3v) is 6.42. The summed E-state index contributed by atoms with van der Waals surface area (Å²) in [6.45, 7) is 6.55. The number of nitrogens with one attached hydrogen (secondary N) is 2. The Labute approximate surface area is 187 Å². The van der Waals surface area contributed by atoms with Crippen LogP contribution in [0, 0.1) is 20.8 Å². The lowest BCUT2D eigenvalue weighted by molar-refractivity contribution is 0.0926. The van der Waals surface area contributed by atoms with E-state index in [1.807, 2.05) is 49.5 Å². The average molecular weight is 423 g/mol. The lowest BCUT2D eigenvalue weighted by atomic mass is 9.91. The molecule has 0 aliphatic rings. The van der Waals surface area contributed by atoms with Crippen molar-refractivity contribution in [3.8, 4) is 0 Å². The highest BCUT2D eigenvalue weighted by molar-refractivity contribution is 5.99. The molecule has 2 aromatic heterocycles. The second-order valence-electron chi connectivity index (χ2n) is 8.45. The van der Waals surface area contributed by atoms with Crippen molar-refractivity contribution in [2.75, 3.05) is 6.54 Å². The predicted molar refractivity (Wildman–Crippen MR) is 129 cm³/mol. The summed E-state index contributed by atoms with van der Waals surface area (Å²) in [6, 6.07) is 22.7. The van der Waals surface area contributed by atoms with E-state index in [-0.39, 0.29) is 11.8 Å². The van der Waals surface area contributed by atoms with Gasteiger partial charge in [0.25, 0.3) is 5.91 Å². The first kappa shape index (κ1) is 20.1. The van der Waals surface area contributed by atoms with Crippen LogP contribution in [0.5, 0.6) is 0 Å². The summed E-state index contributed by atoms with van der Waals surface area (Å²) in [4.78, 5) is 16.5. The monoisotopic (exact) mass is 422 g/mol. The summed E-state index contributed by atoms with van der Waals surface area (Å²) < 4.78 is 5.98. The maximum Gasteiger partial charge on any atom is 0.287 e. The Bertz CT molecular complexity index is 1430. The lowest BCUT2D eigenvalue weighted by Crippen LogP contribution is -2.29. The second-order valence-corrected chi connectivity index (χ2v) is 8.45. The highest BCUT2D eigenvalue weighted by atomic mass is 16.3. The fourth-order valence-corrected chi connectivity index (χ4v) is 4.44. The molecule has 5 rings (SSSR count). The molecule has 32 heavy (non-hydrogen) atoms. The van der Waals surface area contributed by atoms with Gasteiger partial charge in [0.05, 0.1) is 0 Å². The number of hydrogen-bond donors (Lipinski definition) is 2. The summed E-state index contributed by atoms with van der Waals surface area (Å²) in [7, 11) is 0. The van der Waals surface area contributed by atoms with Gasteiger partial charge in [-0.3, -0.25) is 4.79 Å². The van der Waals surface area contributed by atoms with E-state index >= 15 is 0 Å². The normalized spacial score (nSPS) is 12.3. The molecular formula is C28H26N2O2. The van der Waals surface area contributed by atoms with Crippen LogP contribution in [0.4, 0.5) is 0 Å². The van der Waals surface area contributed by atoms with E-state index in [2.05, 4.69) is 54.5 Å². The van der Waals surface area contributed by atoms with E-state index < -0.39 is 0 Å². The first-order valence-corrected chi connectivity index (χ1v) is 10.9. The number of para-hydroxylation sites is 1. The summed E-state index contributed by atoms with van der Waals surface area (Å²) in [5.74, 6) is 0.219. The highest BCUT2D eigenvalue weighted by Crippen LogP contribution is 2.31. The first-order chi connectivity index (χ1) is 15.5. The standard InChI is InChI=1S/C28H26N2O2/c1-17-13-22-19(3)27(32-26(22)14-18(17)2)28(31)30-15-23(20-9-5-4-6-10-20)24-16-29-25-12-8-7-11-21(24)25/h4-14,16,23,29H,15H2,1-3H3,(H,30,31)/t23-/m1/s1. The Morgan fingerprint density at radius 1 is 0.938 bits per heavy atom. The number of fused-ring (bicyclic) bond motifs is 2. The van der Waals surface area contributed by atoms with Crippen molar-refractivity contribution in [2.24, 2.45) is 0 Å². The van der Waals surface area contributed by atoms with Crippen LogP contribution in [0.25, 0.3) is 21.9 Å². The fourth-order valence-electron chi connectivity index (χ4n) is 4.44. The Balaban J connectivity index is 1.47. The molecule has 0 aliphatic carbocycles. The number of aromatic amines is 1. The number of hydrogen-bond acceptors (Lipinski definition) is 2. The van der Waals surface area contributed by atoms with Gasteiger partial charge in [0, 0.05) is 40.5 Å². The van der Waals surface area contributed by atoms with Gasteiger partial charge in [0.2, 0.25) is 0 Å². The van der Waals surface area contributed by atoms with Crippen LogP contribution in [0.15, 0.2) is 77.3 Å². The third-order valence-electron chi connectivity index (χ3n) is 6.42. The summed E-state index contributed by atoms with van der Waals surface area (Å²) >= 11 is 0. The molecule has 3 aromatic carbocycles. The molecule has 0 unspecified atom stereocenters. The van der Waals surface area contributed by atoms with Crippen LogP contribution in [0.2, 0.25) is 0 Å². The molecule has 0 aliphatic heterocycles. The van der Waals surface area contributed by atoms with Crippen LogP contribution < -0.4 is 5.32 Å². The van der Waals surface area contributed by atoms with E-state index in [0.717, 1.165) is 33.2 Å². The van der Waals surface area contributed by atoms with Crippen LogP contribution in [0.1, 0.15) is 44.3 Å². The Hall–Kier alpha value is -3.79. The van der Waals surface area contributed by atoms with Crippen LogP contribution in [-0.4, -0.2) is 17.4 Å². The number of benzene rings is 3. The minimum Gasteiger partial charge on any atom is -0.451 e. The molecule has 0 bridgehead atoms. The second kappa shape index (κ2) is 8.04. The smallest absolute Gasteiger partial charge is 0.287 e. The van der Waals surface area contributed by atoms with Gasteiger partial charge < -0.3 is 14.7 Å². The number of carbonyl (C=O) groups is 1. The minimum absolute atomic E-state index is 0.0190. The fraction of sp³-hybridized carbons (Fsp3) is 0.179. The van der Waals surface area contributed by atoms with Gasteiger partial charge in [-0.05, 0) is 61.2 Å². The molecule has 2 heterocycles. The molecule has 4 nitrogen and oxygen atoms in total. The number of H-pyrrole nitrogens is 1. The number of rotatable bonds is 5. The summed E-state index contributed by atoms with van der Waals surface area (Å²) in [6.07, 6.45) is 2.05. The zero-order valence-corrected chi connectivity index (χ0v) is 18.5. The lowest BCUT2D eigenvalue weighted by Gasteiger charge is -2.18. The maximum absolute atomic E-state index is 13.2. The van der Waals surface area contributed by atoms with Gasteiger partial charge >= 0.3 is 0 Å². The maximum atomic E-state index is 13.2. The average Bonchev–Trinajstić information content (AvgIpc) is 3.37. The molecule has 0 radical (unpaired) electrons. The van der Waals surface area contributed by atoms with E-state index in [0.29, 0.717) is 12.3 Å². The molecule has 4 heteroatoms. The van der Waals surface area contributed by atoms with Crippen LogP contribution >= 0.6 is 0 Å². The minimum atomic E-state index is -0.185. The first-order valence-electron chi connectivity index (χ1n) is 10.9. The topological polar surface area (TPSA) is 58.0 Å². The van der Waals surface area contributed by atoms with Gasteiger partial charge in [-0.15, -0.1) is 0 Å². The molecule has 0 saturated heterocycles. The highest BCUT2D eigenvalue weighted by Gasteiger charge is 2.22. The Morgan fingerprint density at radius 3 is 2.47 bits per heavy atom. The number of aryl methyl sites for hydroxylation is 3. The van der Waals surface area contributed by atoms with Crippen molar-refractivity contribution < 1.29 is 9.21 Å².